The van der Waals surface area contributed by atoms with Crippen LogP contribution in [0.15, 0.2) is 126 Å². The van der Waals surface area contributed by atoms with Crippen molar-refractivity contribution in [2.24, 2.45) is 0 Å². The second-order valence-electron chi connectivity index (χ2n) is 16.7. The molecule has 6 aromatic rings. The Hall–Kier alpha value is -2.78. The second-order valence-corrected chi connectivity index (χ2v) is 52.2. The number of fused-ring (bicyclic) bond motifs is 4. The maximum atomic E-state index is 2.80. The number of hydrogen-bond donors (Lipinski definition) is 0. The van der Waals surface area contributed by atoms with Crippen LogP contribution in [0.1, 0.15) is 42.0 Å². The number of benzene rings is 6. The Bertz CT molecular complexity index is 2450. The molecule has 2 aliphatic carbocycles. The molecule has 6 aromatic carbocycles. The minimum atomic E-state index is -3.79. The third-order valence-corrected chi connectivity index (χ3v) is 32.0. The first-order chi connectivity index (χ1) is 22.8. The van der Waals surface area contributed by atoms with Crippen LogP contribution < -0.4 is 0 Å². The van der Waals surface area contributed by atoms with E-state index < -0.39 is 25.5 Å². The zero-order valence-corrected chi connectivity index (χ0v) is 36.8. The van der Waals surface area contributed by atoms with Crippen molar-refractivity contribution in [1.29, 1.82) is 0 Å². The molecule has 0 aliphatic heterocycles. The van der Waals surface area contributed by atoms with Crippen LogP contribution in [-0.2, 0) is 17.4 Å². The van der Waals surface area contributed by atoms with Crippen molar-refractivity contribution in [3.8, 4) is 22.3 Å². The minimum Gasteiger partial charge on any atom is -0.147 e. The molecule has 0 aromatic heterocycles. The maximum absolute atomic E-state index is 3.79. The Balaban J connectivity index is 0.00000216. The predicted octanol–water partition coefficient (Wildman–Crippen LogP) is 13.3. The minimum absolute atomic E-state index is 0. The van der Waals surface area contributed by atoms with E-state index in [1.54, 1.807) is 21.9 Å². The van der Waals surface area contributed by atoms with Crippen LogP contribution in [-0.4, -0.2) is 15.0 Å². The van der Waals surface area contributed by atoms with Gasteiger partial charge in [-0.15, -0.1) is 24.8 Å². The fourth-order valence-electron chi connectivity index (χ4n) is 9.67. The average Bonchev–Trinajstić information content (AvgIpc) is 3.65. The zero-order valence-electron chi connectivity index (χ0n) is 30.3. The second kappa shape index (κ2) is 13.0. The molecule has 2 unspecified atom stereocenters. The number of hydrogen-bond acceptors (Lipinski definition) is 0. The van der Waals surface area contributed by atoms with Crippen LogP contribution in [0.5, 0.6) is 0 Å². The van der Waals surface area contributed by atoms with Crippen molar-refractivity contribution in [1.82, 2.24) is 0 Å². The van der Waals surface area contributed by atoms with Crippen molar-refractivity contribution >= 4 is 73.5 Å². The van der Waals surface area contributed by atoms with E-state index in [-0.39, 0.29) is 24.8 Å². The van der Waals surface area contributed by atoms with E-state index in [1.165, 1.54) is 60.5 Å². The smallest absolute Gasteiger partial charge is 0.147 e. The van der Waals surface area contributed by atoms with E-state index in [0.717, 1.165) is 0 Å². The fraction of sp³-hybridized carbons (Fsp3) is 0.200. The molecule has 5 heteroatoms. The molecule has 0 heterocycles. The molecule has 2 atom stereocenters. The van der Waals surface area contributed by atoms with Gasteiger partial charge in [0, 0.05) is 0 Å². The standard InChI is InChI=1S/C22H21Si.C21H17.2CH3.2ClH.H2Si.Zr/c1-23(2,3)18-14-17-10-7-13-21(22(17)15-18)20-12-6-9-16-8-4-5-11-19(16)20;1-14-12-20-15(2)10-11-19(21(20)13-14)18-9-5-7-16-6-3-4-8-17(16)18;;;;;;/h4-15H,1-3H3;3-13H,1-2H3;2*1H3;2*1H;1H2;. The largest absolute Gasteiger partial charge is 0.147 e. The Morgan fingerprint density at radius 2 is 1.04 bits per heavy atom. The summed E-state index contributed by atoms with van der Waals surface area (Å²) in [5, 5.41) is 7.06. The van der Waals surface area contributed by atoms with Gasteiger partial charge in [-0.25, -0.2) is 0 Å². The fourth-order valence-corrected chi connectivity index (χ4v) is 38.0. The first-order valence-corrected chi connectivity index (χ1v) is 34.7. The number of aryl methyl sites for hydroxylation is 1. The zero-order chi connectivity index (χ0) is 33.6. The quantitative estimate of drug-likeness (QED) is 0.152. The van der Waals surface area contributed by atoms with Gasteiger partial charge in [0.25, 0.3) is 0 Å². The van der Waals surface area contributed by atoms with Gasteiger partial charge in [-0.2, -0.15) is 0 Å². The topological polar surface area (TPSA) is 0 Å². The van der Waals surface area contributed by atoms with Crippen molar-refractivity contribution in [3.63, 3.8) is 0 Å². The van der Waals surface area contributed by atoms with Crippen LogP contribution in [0.2, 0.25) is 28.9 Å². The van der Waals surface area contributed by atoms with Gasteiger partial charge in [0.2, 0.25) is 0 Å². The molecule has 0 nitrogen and oxygen atoms in total. The first-order valence-electron chi connectivity index (χ1n) is 17.5. The molecule has 2 aliphatic rings. The van der Waals surface area contributed by atoms with Crippen LogP contribution in [0.25, 0.3) is 56.0 Å². The van der Waals surface area contributed by atoms with Gasteiger partial charge in [0.05, 0.1) is 0 Å². The van der Waals surface area contributed by atoms with Crippen molar-refractivity contribution in [2.75, 3.05) is 0 Å². The van der Waals surface area contributed by atoms with E-state index in [4.69, 9.17) is 0 Å². The van der Waals surface area contributed by atoms with Gasteiger partial charge in [0.15, 0.2) is 0 Å². The van der Waals surface area contributed by atoms with Gasteiger partial charge >= 0.3 is 292 Å². The third-order valence-electron chi connectivity index (χ3n) is 11.6. The van der Waals surface area contributed by atoms with Gasteiger partial charge in [-0.3, -0.25) is 0 Å². The summed E-state index contributed by atoms with van der Waals surface area (Å²) in [4.78, 5) is 0. The van der Waals surface area contributed by atoms with Crippen LogP contribution in [0, 0.1) is 6.92 Å². The van der Waals surface area contributed by atoms with E-state index >= 15 is 0 Å². The molecule has 8 rings (SSSR count). The van der Waals surface area contributed by atoms with Crippen molar-refractivity contribution < 1.29 is 17.4 Å². The molecule has 254 valence electrons. The summed E-state index contributed by atoms with van der Waals surface area (Å²) in [5.74, 6) is 0. The van der Waals surface area contributed by atoms with Gasteiger partial charge < -0.3 is 0 Å². The normalized spacial score (nSPS) is 17.0. The molecular weight excluding hydrogens is 759 g/mol. The summed E-state index contributed by atoms with van der Waals surface area (Å²) >= 11 is -3.79. The molecule has 0 spiro atoms. The Kier molecular flexibility index (Phi) is 9.63. The summed E-state index contributed by atoms with van der Waals surface area (Å²) in [6.45, 7) is 15.1. The van der Waals surface area contributed by atoms with Gasteiger partial charge in [-0.05, 0) is 0 Å². The van der Waals surface area contributed by atoms with Gasteiger partial charge in [0.1, 0.15) is 0 Å². The summed E-state index contributed by atoms with van der Waals surface area (Å²) in [6, 6.07) is 43.4. The van der Waals surface area contributed by atoms with Crippen molar-refractivity contribution in [3.05, 3.63) is 154 Å². The van der Waals surface area contributed by atoms with Crippen LogP contribution in [0.4, 0.5) is 0 Å². The van der Waals surface area contributed by atoms with Crippen LogP contribution >= 0.6 is 24.8 Å². The molecule has 0 fully saturated rings. The number of rotatable bonds is 5. The molecule has 0 N–H and O–H groups in total. The molecule has 50 heavy (non-hydrogen) atoms. The molecule has 0 saturated heterocycles. The Morgan fingerprint density at radius 1 is 0.540 bits per heavy atom. The summed E-state index contributed by atoms with van der Waals surface area (Å²) < 4.78 is 6.62. The predicted molar refractivity (Wildman–Crippen MR) is 229 cm³/mol. The average molecular weight is 807 g/mol. The van der Waals surface area contributed by atoms with E-state index in [9.17, 15) is 0 Å². The molecule has 0 saturated carbocycles. The third kappa shape index (κ3) is 5.73. The summed E-state index contributed by atoms with van der Waals surface area (Å²) in [6.07, 6.45) is 5.27. The number of allylic oxidation sites excluding steroid dienone is 2. The number of halogens is 2. The maximum Gasteiger partial charge on any atom is -0.147 e. The van der Waals surface area contributed by atoms with Gasteiger partial charge in [-0.1, -0.05) is 0 Å². The Labute approximate surface area is 314 Å². The van der Waals surface area contributed by atoms with E-state index in [1.807, 2.05) is 0 Å². The summed E-state index contributed by atoms with van der Waals surface area (Å²) in [7, 11) is -1.69. The monoisotopic (exact) mass is 804 g/mol. The van der Waals surface area contributed by atoms with Crippen LogP contribution in [0.3, 0.4) is 0 Å². The summed E-state index contributed by atoms with van der Waals surface area (Å²) in [5.41, 5.74) is 14.6. The first kappa shape index (κ1) is 37.0. The molecule has 0 radical (unpaired) electrons. The Morgan fingerprint density at radius 3 is 1.62 bits per heavy atom. The van der Waals surface area contributed by atoms with Crippen molar-refractivity contribution in [2.45, 2.75) is 50.0 Å². The molecular formula is C45H48Cl2Si2Zr. The SMILES string of the molecule is CC1=Cc2c(-c3cccc4ccccc34)ccc(C)c2[CH]1[Zr]([CH3])([CH3])(=[SiH2])[CH]1C([Si](C)(C)C)=Cc2c(-c3cccc4ccccc34)cccc21.Cl.Cl. The molecule has 0 bridgehead atoms. The molecule has 0 amide bonds. The van der Waals surface area contributed by atoms with E-state index in [0.29, 0.717) is 7.25 Å². The van der Waals surface area contributed by atoms with E-state index in [2.05, 4.69) is 177 Å².